The predicted octanol–water partition coefficient (Wildman–Crippen LogP) is 2.06. The topological polar surface area (TPSA) is 73.0 Å². The summed E-state index contributed by atoms with van der Waals surface area (Å²) in [5, 5.41) is 10.3. The Kier molecular flexibility index (Phi) is 5.13. The van der Waals surface area contributed by atoms with Gasteiger partial charge in [0.15, 0.2) is 0 Å². The van der Waals surface area contributed by atoms with Crippen LogP contribution in [0.3, 0.4) is 0 Å². The maximum absolute atomic E-state index is 12.8. The number of tetrazole rings is 1. The first-order valence-corrected chi connectivity index (χ1v) is 9.33. The fourth-order valence-corrected chi connectivity index (χ4v) is 4.05. The maximum atomic E-state index is 12.8. The number of amides is 1. The van der Waals surface area contributed by atoms with Crippen molar-refractivity contribution in [2.45, 2.75) is 64.6 Å². The second-order valence-electron chi connectivity index (χ2n) is 6.47. The lowest BCUT2D eigenvalue weighted by molar-refractivity contribution is -0.137. The lowest BCUT2D eigenvalue weighted by Gasteiger charge is -2.37. The number of rotatable bonds is 5. The predicted molar refractivity (Wildman–Crippen MR) is 92.4 cm³/mol. The Bertz CT molecular complexity index is 728. The molecule has 0 atom stereocenters. The van der Waals surface area contributed by atoms with Crippen LogP contribution in [0.25, 0.3) is 5.00 Å². The van der Waals surface area contributed by atoms with Crippen LogP contribution in [0.1, 0.15) is 46.0 Å². The Hall–Kier alpha value is -1.96. The zero-order valence-electron chi connectivity index (χ0n) is 14.1. The van der Waals surface area contributed by atoms with Gasteiger partial charge >= 0.3 is 5.69 Å². The highest BCUT2D eigenvalue weighted by Gasteiger charge is 2.28. The van der Waals surface area contributed by atoms with E-state index in [0.717, 1.165) is 30.4 Å². The summed E-state index contributed by atoms with van der Waals surface area (Å²) in [6.45, 7) is 3.99. The van der Waals surface area contributed by atoms with E-state index in [-0.39, 0.29) is 30.2 Å². The molecular weight excluding hydrogens is 326 g/mol. The average molecular weight is 349 g/mol. The van der Waals surface area contributed by atoms with E-state index < -0.39 is 0 Å². The lowest BCUT2D eigenvalue weighted by Crippen LogP contribution is -2.48. The van der Waals surface area contributed by atoms with Crippen LogP contribution in [0.4, 0.5) is 0 Å². The third-order valence-corrected chi connectivity index (χ3v) is 5.30. The molecule has 0 unspecified atom stereocenters. The van der Waals surface area contributed by atoms with Gasteiger partial charge in [0.25, 0.3) is 0 Å². The van der Waals surface area contributed by atoms with Crippen molar-refractivity contribution in [1.82, 2.24) is 24.7 Å². The van der Waals surface area contributed by atoms with E-state index in [1.807, 2.05) is 30.2 Å². The molecule has 0 bridgehead atoms. The average Bonchev–Trinajstić information content (AvgIpc) is 3.19. The van der Waals surface area contributed by atoms with E-state index in [1.165, 1.54) is 22.4 Å². The minimum absolute atomic E-state index is 0.0567. The summed E-state index contributed by atoms with van der Waals surface area (Å²) >= 11 is 1.41. The van der Waals surface area contributed by atoms with E-state index in [0.29, 0.717) is 5.00 Å². The largest absolute Gasteiger partial charge is 0.369 e. The molecule has 0 saturated heterocycles. The normalized spacial score (nSPS) is 15.8. The number of thiophene rings is 1. The van der Waals surface area contributed by atoms with Crippen molar-refractivity contribution in [3.05, 3.63) is 28.0 Å². The fraction of sp³-hybridized carbons (Fsp3) is 0.625. The molecule has 0 N–H and O–H groups in total. The molecule has 8 heteroatoms. The monoisotopic (exact) mass is 349 g/mol. The van der Waals surface area contributed by atoms with Gasteiger partial charge in [0, 0.05) is 12.1 Å². The van der Waals surface area contributed by atoms with Gasteiger partial charge < -0.3 is 4.90 Å². The summed E-state index contributed by atoms with van der Waals surface area (Å²) < 4.78 is 2.39. The maximum Gasteiger partial charge on any atom is 0.369 e. The molecule has 2 aromatic heterocycles. The van der Waals surface area contributed by atoms with Crippen LogP contribution in [0.5, 0.6) is 0 Å². The summed E-state index contributed by atoms with van der Waals surface area (Å²) in [6.07, 6.45) is 5.65. The van der Waals surface area contributed by atoms with Crippen molar-refractivity contribution < 1.29 is 4.79 Å². The molecule has 0 aliphatic heterocycles. The first kappa shape index (κ1) is 16.9. The van der Waals surface area contributed by atoms with Crippen LogP contribution in [-0.2, 0) is 11.3 Å². The van der Waals surface area contributed by atoms with Crippen molar-refractivity contribution in [1.29, 1.82) is 0 Å². The fourth-order valence-electron chi connectivity index (χ4n) is 3.38. The third kappa shape index (κ3) is 3.43. The van der Waals surface area contributed by atoms with Crippen LogP contribution in [0.15, 0.2) is 22.3 Å². The molecule has 130 valence electrons. The molecule has 2 aromatic rings. The van der Waals surface area contributed by atoms with E-state index in [2.05, 4.69) is 10.4 Å². The highest BCUT2D eigenvalue weighted by Crippen LogP contribution is 2.24. The van der Waals surface area contributed by atoms with Gasteiger partial charge in [-0.25, -0.2) is 4.79 Å². The van der Waals surface area contributed by atoms with E-state index in [4.69, 9.17) is 0 Å². The van der Waals surface area contributed by atoms with E-state index in [9.17, 15) is 9.59 Å². The van der Waals surface area contributed by atoms with Crippen molar-refractivity contribution in [3.8, 4) is 5.00 Å². The van der Waals surface area contributed by atoms with E-state index >= 15 is 0 Å². The molecule has 1 amide bonds. The Morgan fingerprint density at radius 1 is 1.33 bits per heavy atom. The molecule has 0 aromatic carbocycles. The van der Waals surface area contributed by atoms with Crippen LogP contribution in [0.2, 0.25) is 0 Å². The minimum atomic E-state index is -0.377. The number of carbonyl (C=O) groups excluding carboxylic acids is 1. The molecule has 0 spiro atoms. The summed E-state index contributed by atoms with van der Waals surface area (Å²) in [6, 6.07) is 4.04. The zero-order valence-corrected chi connectivity index (χ0v) is 14.9. The van der Waals surface area contributed by atoms with Gasteiger partial charge in [-0.05, 0) is 54.6 Å². The first-order valence-electron chi connectivity index (χ1n) is 8.46. The Labute approximate surface area is 144 Å². The van der Waals surface area contributed by atoms with Crippen molar-refractivity contribution in [2.75, 3.05) is 0 Å². The second kappa shape index (κ2) is 7.29. The number of hydrogen-bond donors (Lipinski definition) is 0. The number of nitrogens with zero attached hydrogens (tertiary/aromatic N) is 5. The second-order valence-corrected chi connectivity index (χ2v) is 7.39. The van der Waals surface area contributed by atoms with Gasteiger partial charge in [-0.1, -0.05) is 19.3 Å². The molecular formula is C16H23N5O2S. The smallest absolute Gasteiger partial charge is 0.336 e. The van der Waals surface area contributed by atoms with Crippen LogP contribution < -0.4 is 5.69 Å². The molecule has 7 nitrogen and oxygen atoms in total. The molecule has 1 fully saturated rings. The number of hydrogen-bond acceptors (Lipinski definition) is 5. The molecule has 1 aliphatic carbocycles. The number of aromatic nitrogens is 4. The van der Waals surface area contributed by atoms with Crippen molar-refractivity contribution in [3.63, 3.8) is 0 Å². The van der Waals surface area contributed by atoms with Crippen LogP contribution >= 0.6 is 11.3 Å². The highest BCUT2D eigenvalue weighted by atomic mass is 32.1. The van der Waals surface area contributed by atoms with Crippen LogP contribution in [0, 0.1) is 0 Å². The first-order chi connectivity index (χ1) is 11.6. The Balaban J connectivity index is 1.77. The zero-order chi connectivity index (χ0) is 17.1. The van der Waals surface area contributed by atoms with Crippen molar-refractivity contribution in [2.24, 2.45) is 0 Å². The number of carbonyl (C=O) groups is 1. The summed E-state index contributed by atoms with van der Waals surface area (Å²) in [7, 11) is 0. The Morgan fingerprint density at radius 2 is 2.08 bits per heavy atom. The highest BCUT2D eigenvalue weighted by molar-refractivity contribution is 7.12. The summed E-state index contributed by atoms with van der Waals surface area (Å²) in [4.78, 5) is 27.1. The quantitative estimate of drug-likeness (QED) is 0.828. The minimum Gasteiger partial charge on any atom is -0.336 e. The van der Waals surface area contributed by atoms with Gasteiger partial charge in [0.1, 0.15) is 11.5 Å². The summed E-state index contributed by atoms with van der Waals surface area (Å²) in [5.74, 6) is -0.0581. The third-order valence-electron chi connectivity index (χ3n) is 4.45. The molecule has 0 radical (unpaired) electrons. The van der Waals surface area contributed by atoms with E-state index in [1.54, 1.807) is 6.07 Å². The standard InChI is InChI=1S/C16H23N5O2S/c1-12(2)20(13-7-4-3-5-8-13)14(22)11-19-16(23)21(18-17-19)15-9-6-10-24-15/h6,9-10,12-13H,3-5,7-8,11H2,1-2H3. The lowest BCUT2D eigenvalue weighted by atomic mass is 9.93. The van der Waals surface area contributed by atoms with Crippen LogP contribution in [-0.4, -0.2) is 42.7 Å². The van der Waals surface area contributed by atoms with Gasteiger partial charge in [-0.3, -0.25) is 4.79 Å². The molecule has 1 aliphatic rings. The van der Waals surface area contributed by atoms with Crippen molar-refractivity contribution >= 4 is 17.2 Å². The van der Waals surface area contributed by atoms with Gasteiger partial charge in [-0.15, -0.1) is 11.3 Å². The van der Waals surface area contributed by atoms with Gasteiger partial charge in [-0.2, -0.15) is 9.36 Å². The Morgan fingerprint density at radius 3 is 2.71 bits per heavy atom. The van der Waals surface area contributed by atoms with Gasteiger partial charge in [0.2, 0.25) is 5.91 Å². The molecule has 3 rings (SSSR count). The molecule has 2 heterocycles. The molecule has 24 heavy (non-hydrogen) atoms. The SMILES string of the molecule is CC(C)N(C(=O)Cn1nnn(-c2cccs2)c1=O)C1CCCCC1. The van der Waals surface area contributed by atoms with Gasteiger partial charge in [0.05, 0.1) is 0 Å². The summed E-state index contributed by atoms with van der Waals surface area (Å²) in [5.41, 5.74) is -0.377. The molecule has 1 saturated carbocycles.